The number of carbonyl (C=O) groups is 1. The Bertz CT molecular complexity index is 992. The number of hydrogen-bond donors (Lipinski definition) is 2. The fourth-order valence-electron chi connectivity index (χ4n) is 2.95. The molecule has 6 heteroatoms. The van der Waals surface area contributed by atoms with Crippen LogP contribution < -0.4 is 11.3 Å². The van der Waals surface area contributed by atoms with Crippen molar-refractivity contribution in [2.75, 3.05) is 5.73 Å². The summed E-state index contributed by atoms with van der Waals surface area (Å²) < 4.78 is 1.56. The highest BCUT2D eigenvalue weighted by molar-refractivity contribution is 5.68. The average molecular weight is 363 g/mol. The van der Waals surface area contributed by atoms with E-state index in [2.05, 4.69) is 4.98 Å². The molecule has 0 fully saturated rings. The molecule has 3 aromatic rings. The van der Waals surface area contributed by atoms with Gasteiger partial charge in [0.05, 0.1) is 24.9 Å². The largest absolute Gasteiger partial charge is 0.481 e. The van der Waals surface area contributed by atoms with Gasteiger partial charge in [-0.1, -0.05) is 43.3 Å². The smallest absolute Gasteiger partial charge is 0.303 e. The number of nitrogens with two attached hydrogens (primary N) is 1. The van der Waals surface area contributed by atoms with Crippen molar-refractivity contribution in [2.45, 2.75) is 25.8 Å². The van der Waals surface area contributed by atoms with Crippen molar-refractivity contribution in [2.24, 2.45) is 0 Å². The summed E-state index contributed by atoms with van der Waals surface area (Å²) in [6.07, 6.45) is 3.16. The lowest BCUT2D eigenvalue weighted by atomic mass is 9.97. The second kappa shape index (κ2) is 7.86. The first-order valence-electron chi connectivity index (χ1n) is 8.65. The van der Waals surface area contributed by atoms with E-state index in [0.717, 1.165) is 16.7 Å². The summed E-state index contributed by atoms with van der Waals surface area (Å²) >= 11 is 0. The maximum absolute atomic E-state index is 12.8. The van der Waals surface area contributed by atoms with Gasteiger partial charge in [-0.2, -0.15) is 0 Å². The molecule has 0 amide bonds. The van der Waals surface area contributed by atoms with Gasteiger partial charge >= 0.3 is 5.97 Å². The van der Waals surface area contributed by atoms with Crippen LogP contribution in [-0.4, -0.2) is 20.6 Å². The minimum atomic E-state index is -0.816. The fourth-order valence-corrected chi connectivity index (χ4v) is 2.95. The van der Waals surface area contributed by atoms with Crippen molar-refractivity contribution in [3.8, 4) is 11.1 Å². The molecule has 1 heterocycles. The summed E-state index contributed by atoms with van der Waals surface area (Å²) in [5.41, 5.74) is 9.41. The Morgan fingerprint density at radius 1 is 1.15 bits per heavy atom. The molecule has 0 aliphatic carbocycles. The van der Waals surface area contributed by atoms with Gasteiger partial charge in [0.25, 0.3) is 5.56 Å². The molecule has 6 nitrogen and oxygen atoms in total. The Morgan fingerprint density at radius 3 is 2.44 bits per heavy atom. The van der Waals surface area contributed by atoms with Crippen molar-refractivity contribution in [3.63, 3.8) is 0 Å². The quantitative estimate of drug-likeness (QED) is 0.656. The third-order valence-electron chi connectivity index (χ3n) is 4.51. The number of hydrogen-bond acceptors (Lipinski definition) is 4. The monoisotopic (exact) mass is 363 g/mol. The lowest BCUT2D eigenvalue weighted by molar-refractivity contribution is -0.137. The normalized spacial score (nSPS) is 11.9. The molecule has 3 N–H and O–H groups in total. The van der Waals surface area contributed by atoms with Gasteiger partial charge in [-0.25, -0.2) is 4.98 Å². The van der Waals surface area contributed by atoms with Crippen LogP contribution >= 0.6 is 0 Å². The van der Waals surface area contributed by atoms with Crippen LogP contribution in [0.2, 0.25) is 0 Å². The van der Waals surface area contributed by atoms with Crippen LogP contribution in [0.1, 0.15) is 30.4 Å². The second-order valence-electron chi connectivity index (χ2n) is 6.60. The zero-order chi connectivity index (χ0) is 19.4. The van der Waals surface area contributed by atoms with Gasteiger partial charge < -0.3 is 10.8 Å². The van der Waals surface area contributed by atoms with Crippen molar-refractivity contribution < 1.29 is 9.90 Å². The first-order valence-corrected chi connectivity index (χ1v) is 8.65. The molecule has 0 aliphatic heterocycles. The standard InChI is InChI=1S/C21H21N3O3/c1-14(10-20(25)26)16-4-2-15(3-5-16)12-24-13-23-11-19(21(24)27)17-6-8-18(22)9-7-17/h2-9,11,13-14H,10,12,22H2,1H3,(H,25,26)/t14-/m1/s1. The van der Waals surface area contributed by atoms with Gasteiger partial charge in [-0.15, -0.1) is 0 Å². The summed E-state index contributed by atoms with van der Waals surface area (Å²) in [7, 11) is 0. The Labute approximate surface area is 156 Å². The average Bonchev–Trinajstić information content (AvgIpc) is 2.64. The second-order valence-corrected chi connectivity index (χ2v) is 6.60. The fraction of sp³-hybridized carbons (Fsp3) is 0.190. The summed E-state index contributed by atoms with van der Waals surface area (Å²) in [6, 6.07) is 14.8. The van der Waals surface area contributed by atoms with Crippen LogP contribution in [0, 0.1) is 0 Å². The molecule has 3 rings (SSSR count). The number of anilines is 1. The Kier molecular flexibility index (Phi) is 5.35. The number of benzene rings is 2. The van der Waals surface area contributed by atoms with E-state index in [9.17, 15) is 9.59 Å². The highest BCUT2D eigenvalue weighted by Gasteiger charge is 2.11. The first-order chi connectivity index (χ1) is 12.9. The number of rotatable bonds is 6. The van der Waals surface area contributed by atoms with E-state index in [1.165, 1.54) is 6.33 Å². The number of nitrogens with zero attached hydrogens (tertiary/aromatic N) is 2. The Morgan fingerprint density at radius 2 is 1.81 bits per heavy atom. The van der Waals surface area contributed by atoms with E-state index in [-0.39, 0.29) is 17.9 Å². The molecular weight excluding hydrogens is 342 g/mol. The van der Waals surface area contributed by atoms with Crippen LogP contribution in [0.25, 0.3) is 11.1 Å². The van der Waals surface area contributed by atoms with Crippen LogP contribution in [0.3, 0.4) is 0 Å². The summed E-state index contributed by atoms with van der Waals surface area (Å²) in [5, 5.41) is 8.91. The number of nitrogen functional groups attached to an aromatic ring is 1. The topological polar surface area (TPSA) is 98.2 Å². The molecule has 0 bridgehead atoms. The van der Waals surface area contributed by atoms with Crippen LogP contribution in [-0.2, 0) is 11.3 Å². The van der Waals surface area contributed by atoms with Crippen molar-refractivity contribution in [1.82, 2.24) is 9.55 Å². The number of carboxylic acid groups (broad SMARTS) is 1. The molecule has 0 spiro atoms. The molecule has 1 atom stereocenters. The van der Waals surface area contributed by atoms with Gasteiger partial charge in [0.15, 0.2) is 0 Å². The number of aromatic nitrogens is 2. The SMILES string of the molecule is C[C@H](CC(=O)O)c1ccc(Cn2cncc(-c3ccc(N)cc3)c2=O)cc1. The van der Waals surface area contributed by atoms with E-state index in [1.807, 2.05) is 31.2 Å². The highest BCUT2D eigenvalue weighted by atomic mass is 16.4. The minimum Gasteiger partial charge on any atom is -0.481 e. The van der Waals surface area contributed by atoms with E-state index in [4.69, 9.17) is 10.8 Å². The third kappa shape index (κ3) is 4.41. The van der Waals surface area contributed by atoms with Crippen molar-refractivity contribution in [1.29, 1.82) is 0 Å². The number of carboxylic acids is 1. The summed E-state index contributed by atoms with van der Waals surface area (Å²) in [4.78, 5) is 27.8. The van der Waals surface area contributed by atoms with Crippen molar-refractivity contribution >= 4 is 11.7 Å². The predicted octanol–water partition coefficient (Wildman–Crippen LogP) is 3.12. The molecule has 0 aliphatic rings. The molecule has 0 saturated heterocycles. The van der Waals surface area contributed by atoms with Crippen LogP contribution in [0.15, 0.2) is 65.8 Å². The van der Waals surface area contributed by atoms with E-state index < -0.39 is 5.97 Å². The first kappa shape index (κ1) is 18.4. The van der Waals surface area contributed by atoms with Crippen molar-refractivity contribution in [3.05, 3.63) is 82.5 Å². The Hall–Kier alpha value is -3.41. The number of aliphatic carboxylic acids is 1. The molecular formula is C21H21N3O3. The van der Waals surface area contributed by atoms with Crippen LogP contribution in [0.4, 0.5) is 5.69 Å². The molecule has 0 radical (unpaired) electrons. The maximum atomic E-state index is 12.8. The van der Waals surface area contributed by atoms with Gasteiger partial charge in [0, 0.05) is 11.9 Å². The van der Waals surface area contributed by atoms with E-state index in [0.29, 0.717) is 17.8 Å². The molecule has 27 heavy (non-hydrogen) atoms. The third-order valence-corrected chi connectivity index (χ3v) is 4.51. The molecule has 138 valence electrons. The zero-order valence-corrected chi connectivity index (χ0v) is 15.0. The van der Waals surface area contributed by atoms with E-state index >= 15 is 0 Å². The predicted molar refractivity (Wildman–Crippen MR) is 105 cm³/mol. The van der Waals surface area contributed by atoms with Gasteiger partial charge in [0.2, 0.25) is 0 Å². The lowest BCUT2D eigenvalue weighted by Gasteiger charge is -2.11. The Balaban J connectivity index is 1.82. The summed E-state index contributed by atoms with van der Waals surface area (Å²) in [5.74, 6) is -0.876. The molecule has 1 aromatic heterocycles. The van der Waals surface area contributed by atoms with Gasteiger partial charge in [-0.3, -0.25) is 14.2 Å². The highest BCUT2D eigenvalue weighted by Crippen LogP contribution is 2.20. The minimum absolute atomic E-state index is 0.0604. The van der Waals surface area contributed by atoms with Gasteiger partial charge in [0.1, 0.15) is 0 Å². The molecule has 2 aromatic carbocycles. The summed E-state index contributed by atoms with van der Waals surface area (Å²) in [6.45, 7) is 2.27. The van der Waals surface area contributed by atoms with Crippen LogP contribution in [0.5, 0.6) is 0 Å². The van der Waals surface area contributed by atoms with Gasteiger partial charge in [-0.05, 0) is 34.7 Å². The lowest BCUT2D eigenvalue weighted by Crippen LogP contribution is -2.22. The zero-order valence-electron chi connectivity index (χ0n) is 15.0. The molecule has 0 saturated carbocycles. The maximum Gasteiger partial charge on any atom is 0.303 e. The molecule has 0 unspecified atom stereocenters. The van der Waals surface area contributed by atoms with E-state index in [1.54, 1.807) is 35.0 Å².